The van der Waals surface area contributed by atoms with Crippen LogP contribution >= 0.6 is 0 Å². The zero-order chi connectivity index (χ0) is 13.9. The van der Waals surface area contributed by atoms with Crippen LogP contribution in [0.4, 0.5) is 0 Å². The van der Waals surface area contributed by atoms with Crippen molar-refractivity contribution in [3.05, 3.63) is 29.8 Å². The first kappa shape index (κ1) is 14.0. The maximum Gasteiger partial charge on any atom is 0.251 e. The van der Waals surface area contributed by atoms with E-state index in [1.54, 1.807) is 0 Å². The minimum absolute atomic E-state index is 0.188. The van der Waals surface area contributed by atoms with Gasteiger partial charge in [0.05, 0.1) is 11.5 Å². The summed E-state index contributed by atoms with van der Waals surface area (Å²) in [6, 6.07) is 5.94. The SMILES string of the molecule is CS(=O)(=O)c1ccc(C(=O)NC[C@@H]2CCOC2)cc1. The van der Waals surface area contributed by atoms with Crippen LogP contribution < -0.4 is 5.32 Å². The molecule has 1 fully saturated rings. The molecule has 1 aromatic rings. The van der Waals surface area contributed by atoms with Crippen LogP contribution in [0.1, 0.15) is 16.8 Å². The molecule has 19 heavy (non-hydrogen) atoms. The van der Waals surface area contributed by atoms with Gasteiger partial charge >= 0.3 is 0 Å². The lowest BCUT2D eigenvalue weighted by Gasteiger charge is -2.09. The molecule has 1 saturated heterocycles. The Morgan fingerprint density at radius 3 is 2.58 bits per heavy atom. The Morgan fingerprint density at radius 1 is 1.37 bits per heavy atom. The zero-order valence-electron chi connectivity index (χ0n) is 10.8. The van der Waals surface area contributed by atoms with Crippen LogP contribution in [0.2, 0.25) is 0 Å². The number of hydrogen-bond donors (Lipinski definition) is 1. The summed E-state index contributed by atoms with van der Waals surface area (Å²) in [5.74, 6) is 0.186. The van der Waals surface area contributed by atoms with Gasteiger partial charge in [-0.15, -0.1) is 0 Å². The van der Waals surface area contributed by atoms with Crippen molar-refractivity contribution in [1.82, 2.24) is 5.32 Å². The van der Waals surface area contributed by atoms with E-state index in [-0.39, 0.29) is 10.8 Å². The van der Waals surface area contributed by atoms with E-state index in [0.717, 1.165) is 19.3 Å². The van der Waals surface area contributed by atoms with Gasteiger partial charge in [-0.3, -0.25) is 4.79 Å². The van der Waals surface area contributed by atoms with E-state index in [0.29, 0.717) is 24.6 Å². The third-order valence-electron chi connectivity index (χ3n) is 3.12. The first-order valence-corrected chi connectivity index (χ1v) is 8.02. The average Bonchev–Trinajstić information content (AvgIpc) is 2.88. The summed E-state index contributed by atoms with van der Waals surface area (Å²) in [6.07, 6.45) is 2.11. The number of sulfone groups is 1. The second kappa shape index (κ2) is 5.71. The van der Waals surface area contributed by atoms with Crippen LogP contribution in [0.15, 0.2) is 29.2 Å². The molecule has 0 bridgehead atoms. The van der Waals surface area contributed by atoms with E-state index in [1.807, 2.05) is 0 Å². The highest BCUT2D eigenvalue weighted by molar-refractivity contribution is 7.90. The standard InChI is InChI=1S/C13H17NO4S/c1-19(16,17)12-4-2-11(3-5-12)13(15)14-8-10-6-7-18-9-10/h2-5,10H,6-9H2,1H3,(H,14,15)/t10-/m0/s1. The molecule has 0 radical (unpaired) electrons. The van der Waals surface area contributed by atoms with E-state index in [1.165, 1.54) is 24.3 Å². The molecule has 5 nitrogen and oxygen atoms in total. The summed E-state index contributed by atoms with van der Waals surface area (Å²) < 4.78 is 27.8. The lowest BCUT2D eigenvalue weighted by Crippen LogP contribution is -2.29. The van der Waals surface area contributed by atoms with Crippen molar-refractivity contribution in [2.24, 2.45) is 5.92 Å². The molecule has 6 heteroatoms. The summed E-state index contributed by atoms with van der Waals surface area (Å²) in [6.45, 7) is 2.03. The highest BCUT2D eigenvalue weighted by atomic mass is 32.2. The second-order valence-corrected chi connectivity index (χ2v) is 6.75. The predicted octanol–water partition coefficient (Wildman–Crippen LogP) is 0.856. The fourth-order valence-corrected chi connectivity index (χ4v) is 2.57. The van der Waals surface area contributed by atoms with Crippen LogP contribution in [0.3, 0.4) is 0 Å². The number of amides is 1. The van der Waals surface area contributed by atoms with Gasteiger partial charge in [0.15, 0.2) is 9.84 Å². The Kier molecular flexibility index (Phi) is 4.21. The van der Waals surface area contributed by atoms with Gasteiger partial charge in [0, 0.05) is 30.9 Å². The lowest BCUT2D eigenvalue weighted by molar-refractivity contribution is 0.0945. The third-order valence-corrected chi connectivity index (χ3v) is 4.25. The van der Waals surface area contributed by atoms with Gasteiger partial charge in [0.2, 0.25) is 0 Å². The molecule has 1 heterocycles. The molecule has 0 aromatic heterocycles. The molecule has 0 saturated carbocycles. The average molecular weight is 283 g/mol. The summed E-state index contributed by atoms with van der Waals surface area (Å²) in [5, 5.41) is 2.83. The second-order valence-electron chi connectivity index (χ2n) is 4.74. The Morgan fingerprint density at radius 2 is 2.05 bits per heavy atom. The van der Waals surface area contributed by atoms with Gasteiger partial charge in [-0.1, -0.05) is 0 Å². The van der Waals surface area contributed by atoms with Crippen molar-refractivity contribution >= 4 is 15.7 Å². The number of hydrogen-bond acceptors (Lipinski definition) is 4. The van der Waals surface area contributed by atoms with Crippen molar-refractivity contribution in [2.45, 2.75) is 11.3 Å². The largest absolute Gasteiger partial charge is 0.381 e. The molecule has 1 aliphatic heterocycles. The van der Waals surface area contributed by atoms with Gasteiger partial charge in [0.1, 0.15) is 0 Å². The van der Waals surface area contributed by atoms with Crippen molar-refractivity contribution in [2.75, 3.05) is 26.0 Å². The van der Waals surface area contributed by atoms with Crippen LogP contribution in [0, 0.1) is 5.92 Å². The van der Waals surface area contributed by atoms with Crippen LogP contribution in [0.5, 0.6) is 0 Å². The highest BCUT2D eigenvalue weighted by Gasteiger charge is 2.17. The molecule has 1 amide bonds. The fraction of sp³-hybridized carbons (Fsp3) is 0.462. The number of nitrogens with one attached hydrogen (secondary N) is 1. The van der Waals surface area contributed by atoms with Gasteiger partial charge in [-0.25, -0.2) is 8.42 Å². The molecule has 1 N–H and O–H groups in total. The molecule has 1 aliphatic rings. The number of rotatable bonds is 4. The number of carbonyl (C=O) groups is 1. The summed E-state index contributed by atoms with van der Waals surface area (Å²) in [4.78, 5) is 12.1. The number of ether oxygens (including phenoxy) is 1. The van der Waals surface area contributed by atoms with Gasteiger partial charge < -0.3 is 10.1 Å². The Balaban J connectivity index is 1.95. The highest BCUT2D eigenvalue weighted by Crippen LogP contribution is 2.12. The van der Waals surface area contributed by atoms with Gasteiger partial charge in [-0.05, 0) is 30.7 Å². The molecule has 104 valence electrons. The van der Waals surface area contributed by atoms with E-state index in [2.05, 4.69) is 5.32 Å². The third kappa shape index (κ3) is 3.78. The molecule has 1 atom stereocenters. The van der Waals surface area contributed by atoms with E-state index in [4.69, 9.17) is 4.74 Å². The van der Waals surface area contributed by atoms with Crippen molar-refractivity contribution in [3.63, 3.8) is 0 Å². The minimum Gasteiger partial charge on any atom is -0.381 e. The predicted molar refractivity (Wildman–Crippen MR) is 70.8 cm³/mol. The molecule has 1 aromatic carbocycles. The Bertz CT molecular complexity index is 545. The molecule has 2 rings (SSSR count). The van der Waals surface area contributed by atoms with E-state index in [9.17, 15) is 13.2 Å². The van der Waals surface area contributed by atoms with Crippen molar-refractivity contribution in [1.29, 1.82) is 0 Å². The Labute approximate surface area is 112 Å². The lowest BCUT2D eigenvalue weighted by atomic mass is 10.1. The monoisotopic (exact) mass is 283 g/mol. The molecule has 0 aliphatic carbocycles. The van der Waals surface area contributed by atoms with Gasteiger partial charge in [0.25, 0.3) is 5.91 Å². The maximum atomic E-state index is 11.9. The molecular weight excluding hydrogens is 266 g/mol. The van der Waals surface area contributed by atoms with E-state index < -0.39 is 9.84 Å². The zero-order valence-corrected chi connectivity index (χ0v) is 11.6. The smallest absolute Gasteiger partial charge is 0.251 e. The quantitative estimate of drug-likeness (QED) is 0.889. The van der Waals surface area contributed by atoms with Crippen LogP contribution in [-0.4, -0.2) is 40.3 Å². The first-order valence-electron chi connectivity index (χ1n) is 6.13. The number of benzene rings is 1. The van der Waals surface area contributed by atoms with Crippen LogP contribution in [-0.2, 0) is 14.6 Å². The molecular formula is C13H17NO4S. The minimum atomic E-state index is -3.22. The summed E-state index contributed by atoms with van der Waals surface area (Å²) >= 11 is 0. The van der Waals surface area contributed by atoms with Crippen LogP contribution in [0.25, 0.3) is 0 Å². The van der Waals surface area contributed by atoms with Crippen molar-refractivity contribution < 1.29 is 17.9 Å². The van der Waals surface area contributed by atoms with Crippen molar-refractivity contribution in [3.8, 4) is 0 Å². The molecule has 0 unspecified atom stereocenters. The topological polar surface area (TPSA) is 72.5 Å². The fourth-order valence-electron chi connectivity index (χ4n) is 1.94. The van der Waals surface area contributed by atoms with E-state index >= 15 is 0 Å². The molecule has 0 spiro atoms. The summed E-state index contributed by atoms with van der Waals surface area (Å²) in [7, 11) is -3.22. The maximum absolute atomic E-state index is 11.9. The normalized spacial score (nSPS) is 19.3. The summed E-state index contributed by atoms with van der Waals surface area (Å²) in [5.41, 5.74) is 0.464. The first-order chi connectivity index (χ1) is 8.97. The van der Waals surface area contributed by atoms with Gasteiger partial charge in [-0.2, -0.15) is 0 Å². The number of carbonyl (C=O) groups excluding carboxylic acids is 1. The Hall–Kier alpha value is -1.40.